The van der Waals surface area contributed by atoms with Gasteiger partial charge in [0, 0.05) is 12.0 Å². The quantitative estimate of drug-likeness (QED) is 0.508. The van der Waals surface area contributed by atoms with Crippen LogP contribution in [0, 0.1) is 20.0 Å². The van der Waals surface area contributed by atoms with E-state index < -0.39 is 0 Å². The van der Waals surface area contributed by atoms with Gasteiger partial charge in [0.2, 0.25) is 0 Å². The van der Waals surface area contributed by atoms with E-state index in [1.165, 1.54) is 5.56 Å². The van der Waals surface area contributed by atoms with E-state index in [-0.39, 0.29) is 23.1 Å². The third-order valence-electron chi connectivity index (χ3n) is 1.67. The molecule has 5 heteroatoms. The van der Waals surface area contributed by atoms with Gasteiger partial charge in [0.25, 0.3) is 0 Å². The molecule has 0 unspecified atom stereocenters. The Morgan fingerprint density at radius 3 is 1.69 bits per heavy atom. The minimum atomic E-state index is 0. The average molecular weight is 254 g/mol. The molecule has 0 saturated carbocycles. The maximum atomic E-state index is 10.7. The Kier molecular flexibility index (Phi) is 17.1. The fourth-order valence-corrected chi connectivity index (χ4v) is 1.11. The fourth-order valence-electron chi connectivity index (χ4n) is 1.11. The largest absolute Gasteiger partial charge is 6.00 e. The summed E-state index contributed by atoms with van der Waals surface area (Å²) in [6.45, 7) is 13.5. The summed E-state index contributed by atoms with van der Waals surface area (Å²) in [7, 11) is 0. The predicted molar refractivity (Wildman–Crippen MR) is 46.3 cm³/mol. The molecule has 16 heavy (non-hydrogen) atoms. The van der Waals surface area contributed by atoms with Crippen LogP contribution in [0.2, 0.25) is 0 Å². The number of fused-ring (bicyclic) bond motifs is 1. The van der Waals surface area contributed by atoms with E-state index in [0.29, 0.717) is 6.42 Å². The van der Waals surface area contributed by atoms with Gasteiger partial charge in [0.15, 0.2) is 5.78 Å². The van der Waals surface area contributed by atoms with Crippen molar-refractivity contribution in [3.8, 4) is 0 Å². The molecule has 1 aromatic rings. The van der Waals surface area contributed by atoms with Gasteiger partial charge in [-0.2, -0.15) is 0 Å². The summed E-state index contributed by atoms with van der Waals surface area (Å²) in [5, 5.41) is 0. The first kappa shape index (κ1) is 20.1. The van der Waals surface area contributed by atoms with Crippen LogP contribution < -0.4 is 0 Å². The van der Waals surface area contributed by atoms with E-state index in [0.717, 1.165) is 5.56 Å². The molecule has 0 spiro atoms. The van der Waals surface area contributed by atoms with Crippen LogP contribution in [0.15, 0.2) is 24.3 Å². The van der Waals surface area contributed by atoms with E-state index in [9.17, 15) is 4.79 Å². The van der Waals surface area contributed by atoms with Gasteiger partial charge in [0.05, 0.1) is 0 Å². The van der Waals surface area contributed by atoms with Gasteiger partial charge in [-0.1, -0.05) is 24.3 Å². The Bertz CT molecular complexity index is 365. The van der Waals surface area contributed by atoms with Crippen molar-refractivity contribution >= 4 is 5.78 Å². The molecule has 1 aliphatic carbocycles. The summed E-state index contributed by atoms with van der Waals surface area (Å²) in [5.74, 6) is 0.283. The molecule has 0 N–H and O–H groups in total. The first-order valence-corrected chi connectivity index (χ1v) is 3.60. The van der Waals surface area contributed by atoms with E-state index in [1.807, 2.05) is 24.3 Å². The fraction of sp³-hybridized carbons (Fsp3) is 0.0909. The zero-order chi connectivity index (χ0) is 12.3. The molecule has 0 fully saturated rings. The first-order chi connectivity index (χ1) is 7.38. The number of hydrogen-bond acceptors (Lipinski definition) is 1. The normalized spacial score (nSPS) is 8.50. The molecule has 0 bridgehead atoms. The molecule has 4 nitrogen and oxygen atoms in total. The summed E-state index contributed by atoms with van der Waals surface area (Å²) in [6.07, 6.45) is 0.649. The van der Waals surface area contributed by atoms with E-state index in [2.05, 4.69) is 20.0 Å². The maximum Gasteiger partial charge on any atom is 6.00 e. The Morgan fingerprint density at radius 2 is 1.38 bits per heavy atom. The summed E-state index contributed by atoms with van der Waals surface area (Å²) >= 11 is 0. The monoisotopic (exact) mass is 254 g/mol. The molecule has 0 radical (unpaired) electrons. The summed E-state index contributed by atoms with van der Waals surface area (Å²) in [6, 6.07) is 7.74. The van der Waals surface area contributed by atoms with Gasteiger partial charge in [0.1, 0.15) is 0 Å². The van der Waals surface area contributed by atoms with Crippen LogP contribution in [-0.4, -0.2) is 5.78 Å². The van der Waals surface area contributed by atoms with Gasteiger partial charge in [-0.15, -0.1) is 0 Å². The Morgan fingerprint density at radius 1 is 0.938 bits per heavy atom. The molecule has 74 valence electrons. The second kappa shape index (κ2) is 13.6. The molecule has 0 amide bonds. The van der Waals surface area contributed by atoms with Crippen molar-refractivity contribution in [1.29, 1.82) is 0 Å². The summed E-state index contributed by atoms with van der Waals surface area (Å²) in [5.41, 5.74) is 2.11. The maximum absolute atomic E-state index is 10.7. The van der Waals surface area contributed by atoms with Crippen molar-refractivity contribution < 1.29 is 36.1 Å². The van der Waals surface area contributed by atoms with Gasteiger partial charge in [-0.05, 0) is 5.56 Å². The molecular formula is C11H6CrO4+6. The van der Waals surface area contributed by atoms with Crippen molar-refractivity contribution in [2.75, 3.05) is 0 Å². The minimum absolute atomic E-state index is 0. The molecular weight excluding hydrogens is 248 g/mol. The zero-order valence-corrected chi connectivity index (χ0v) is 9.33. The summed E-state index contributed by atoms with van der Waals surface area (Å²) < 4.78 is 22.5. The van der Waals surface area contributed by atoms with Gasteiger partial charge < -0.3 is 0 Å². The molecule has 1 aromatic carbocycles. The van der Waals surface area contributed by atoms with Crippen molar-refractivity contribution in [3.05, 3.63) is 55.3 Å². The molecule has 0 atom stereocenters. The zero-order valence-electron chi connectivity index (χ0n) is 8.06. The predicted octanol–water partition coefficient (Wildman–Crippen LogP) is 1.31. The third kappa shape index (κ3) is 5.51. The molecule has 0 heterocycles. The molecule has 0 aliphatic heterocycles. The van der Waals surface area contributed by atoms with Crippen LogP contribution in [0.3, 0.4) is 0 Å². The molecule has 0 aromatic heterocycles. The van der Waals surface area contributed by atoms with Gasteiger partial charge in [-0.3, -0.25) is 4.79 Å². The average Bonchev–Trinajstić information content (AvgIpc) is 2.36. The topological polar surface area (TPSA) is 76.8 Å². The van der Waals surface area contributed by atoms with Crippen LogP contribution in [0.5, 0.6) is 0 Å². The molecule has 2 rings (SSSR count). The van der Waals surface area contributed by atoms with Gasteiger partial charge in [-0.25, -0.2) is 0 Å². The number of benzene rings is 1. The van der Waals surface area contributed by atoms with Crippen LogP contribution >= 0.6 is 0 Å². The van der Waals surface area contributed by atoms with Crippen LogP contribution in [-0.2, 0) is 37.7 Å². The number of Topliss-reactive ketones (excluding diaryl/α,β-unsaturated/α-hetero) is 1. The van der Waals surface area contributed by atoms with Crippen molar-refractivity contribution in [2.45, 2.75) is 6.42 Å². The van der Waals surface area contributed by atoms with E-state index in [1.54, 1.807) is 0 Å². The van der Waals surface area contributed by atoms with Crippen LogP contribution in [0.25, 0.3) is 0 Å². The van der Waals surface area contributed by atoms with Gasteiger partial charge >= 0.3 is 51.3 Å². The SMILES string of the molecule is O=C1Cc2ccccc21.[C-]#[O+].[C-]#[O+].[C-]#[O+].[Cr+6]. The molecule has 1 aliphatic rings. The minimum Gasteiger partial charge on any atom is 6.00 e. The Labute approximate surface area is 104 Å². The number of carbonyl (C=O) groups excluding carboxylic acids is 1. The number of carbonyl (C=O) groups is 1. The Balaban J connectivity index is -0.000000214. The number of ketones is 1. The second-order valence-electron chi connectivity index (χ2n) is 2.26. The first-order valence-electron chi connectivity index (χ1n) is 3.60. The Hall–Kier alpha value is -1.36. The summed E-state index contributed by atoms with van der Waals surface area (Å²) in [4.78, 5) is 10.7. The number of rotatable bonds is 0. The standard InChI is InChI=1S/C8H6O.3CO.Cr/c9-8-5-6-3-1-2-4-7(6)8;3*1-2;/h1-4H,5H2;;;;/q;;;;+6. The van der Waals surface area contributed by atoms with Crippen molar-refractivity contribution in [3.63, 3.8) is 0 Å². The third-order valence-corrected chi connectivity index (χ3v) is 1.67. The number of hydrogen-bond donors (Lipinski definition) is 0. The second-order valence-corrected chi connectivity index (χ2v) is 2.26. The van der Waals surface area contributed by atoms with Crippen LogP contribution in [0.1, 0.15) is 15.9 Å². The van der Waals surface area contributed by atoms with Crippen LogP contribution in [0.4, 0.5) is 0 Å². The van der Waals surface area contributed by atoms with E-state index >= 15 is 0 Å². The smallest absolute Gasteiger partial charge is 6.00 e. The van der Waals surface area contributed by atoms with E-state index in [4.69, 9.17) is 14.0 Å². The van der Waals surface area contributed by atoms with Crippen molar-refractivity contribution in [2.24, 2.45) is 0 Å². The molecule has 0 saturated heterocycles. The van der Waals surface area contributed by atoms with Crippen molar-refractivity contribution in [1.82, 2.24) is 0 Å².